The molecule has 1 saturated heterocycles. The number of hydrogen-bond donors (Lipinski definition) is 2. The molecule has 0 spiro atoms. The molecule has 0 radical (unpaired) electrons. The largest absolute Gasteiger partial charge is 0.396 e. The number of rotatable bonds is 4. The highest BCUT2D eigenvalue weighted by Crippen LogP contribution is 2.34. The first kappa shape index (κ1) is 19.2. The fraction of sp³-hybridized carbons (Fsp3) is 0.267. The number of ether oxygens (including phenoxy) is 1. The van der Waals surface area contributed by atoms with Crippen LogP contribution in [0.3, 0.4) is 0 Å². The van der Waals surface area contributed by atoms with E-state index in [4.69, 9.17) is 45.3 Å². The van der Waals surface area contributed by atoms with Gasteiger partial charge in [-0.3, -0.25) is 4.79 Å². The van der Waals surface area contributed by atoms with Gasteiger partial charge < -0.3 is 15.4 Å². The summed E-state index contributed by atoms with van der Waals surface area (Å²) in [5.74, 6) is -0.638. The summed E-state index contributed by atoms with van der Waals surface area (Å²) in [5, 5.41) is 4.89. The molecule has 1 aliphatic heterocycles. The van der Waals surface area contributed by atoms with Gasteiger partial charge in [-0.15, -0.1) is 11.3 Å². The molecule has 11 heteroatoms. The molecular weight excluding hydrogens is 421 g/mol. The number of carbonyl (C=O) groups excluding carboxylic acids is 1. The van der Waals surface area contributed by atoms with E-state index >= 15 is 0 Å². The molecule has 26 heavy (non-hydrogen) atoms. The van der Waals surface area contributed by atoms with E-state index < -0.39 is 5.91 Å². The molecule has 0 atom stereocenters. The summed E-state index contributed by atoms with van der Waals surface area (Å²) in [6.07, 6.45) is 1.54. The Kier molecular flexibility index (Phi) is 6.20. The van der Waals surface area contributed by atoms with Crippen molar-refractivity contribution in [1.82, 2.24) is 10.4 Å². The van der Waals surface area contributed by atoms with Crippen molar-refractivity contribution in [3.8, 4) is 0 Å². The number of halogens is 3. The minimum atomic E-state index is -0.638. The van der Waals surface area contributed by atoms with Gasteiger partial charge >= 0.3 is 0 Å². The summed E-state index contributed by atoms with van der Waals surface area (Å²) in [5.41, 5.74) is 7.90. The summed E-state index contributed by atoms with van der Waals surface area (Å²) in [7, 11) is 0. The Morgan fingerprint density at radius 3 is 2.77 bits per heavy atom. The van der Waals surface area contributed by atoms with Gasteiger partial charge in [0.25, 0.3) is 5.91 Å². The fourth-order valence-electron chi connectivity index (χ4n) is 2.25. The molecule has 2 aromatic heterocycles. The van der Waals surface area contributed by atoms with E-state index in [1.807, 2.05) is 12.1 Å². The van der Waals surface area contributed by atoms with Crippen LogP contribution in [0.4, 0.5) is 10.7 Å². The Labute approximate surface area is 168 Å². The summed E-state index contributed by atoms with van der Waals surface area (Å²) in [4.78, 5) is 19.2. The second-order valence-corrected chi connectivity index (χ2v) is 7.48. The normalized spacial score (nSPS) is 14.8. The van der Waals surface area contributed by atoms with Crippen molar-refractivity contribution in [3.05, 3.63) is 37.9 Å². The maximum Gasteiger partial charge on any atom is 0.291 e. The van der Waals surface area contributed by atoms with E-state index in [2.05, 4.69) is 20.4 Å². The first-order valence-corrected chi connectivity index (χ1v) is 9.48. The second kappa shape index (κ2) is 8.41. The summed E-state index contributed by atoms with van der Waals surface area (Å²) < 4.78 is 5.34. The number of aromatic nitrogens is 1. The molecule has 0 bridgehead atoms. The smallest absolute Gasteiger partial charge is 0.291 e. The van der Waals surface area contributed by atoms with Crippen molar-refractivity contribution >= 4 is 68.9 Å². The van der Waals surface area contributed by atoms with Gasteiger partial charge in [0.1, 0.15) is 5.02 Å². The zero-order valence-electron chi connectivity index (χ0n) is 13.3. The lowest BCUT2D eigenvalue weighted by Gasteiger charge is -2.27. The Morgan fingerprint density at radius 2 is 2.04 bits per heavy atom. The third kappa shape index (κ3) is 4.21. The number of nitrogens with zero attached hydrogens (tertiary/aromatic N) is 3. The fourth-order valence-corrected chi connectivity index (χ4v) is 3.78. The number of morpholine rings is 1. The number of hydrogen-bond acceptors (Lipinski definition) is 7. The molecule has 1 aliphatic rings. The predicted octanol–water partition coefficient (Wildman–Crippen LogP) is 3.29. The lowest BCUT2D eigenvalue weighted by Crippen LogP contribution is -2.35. The van der Waals surface area contributed by atoms with Gasteiger partial charge in [0.05, 0.1) is 35.1 Å². The Morgan fingerprint density at radius 1 is 1.31 bits per heavy atom. The van der Waals surface area contributed by atoms with Crippen molar-refractivity contribution in [1.29, 1.82) is 0 Å². The Bertz CT molecular complexity index is 852. The average molecular weight is 435 g/mol. The molecule has 0 aromatic carbocycles. The quantitative estimate of drug-likeness (QED) is 0.437. The number of anilines is 2. The average Bonchev–Trinajstić information content (AvgIpc) is 3.12. The van der Waals surface area contributed by atoms with Crippen LogP contribution in [0.15, 0.2) is 17.2 Å². The number of nitrogens with one attached hydrogen (secondary N) is 1. The SMILES string of the molecule is Nc1c(Cl)c(Cl)nc(C(=O)NN=Cc2ccc(N3CCOCC3)s2)c1Cl. The Balaban J connectivity index is 1.65. The zero-order chi connectivity index (χ0) is 18.7. The summed E-state index contributed by atoms with van der Waals surface area (Å²) in [6.45, 7) is 3.16. The van der Waals surface area contributed by atoms with Crippen LogP contribution in [0.25, 0.3) is 0 Å². The van der Waals surface area contributed by atoms with E-state index in [1.54, 1.807) is 17.6 Å². The van der Waals surface area contributed by atoms with Crippen molar-refractivity contribution in [3.63, 3.8) is 0 Å². The molecule has 138 valence electrons. The van der Waals surface area contributed by atoms with E-state index in [9.17, 15) is 4.79 Å². The topological polar surface area (TPSA) is 92.8 Å². The highest BCUT2D eigenvalue weighted by Gasteiger charge is 2.19. The molecule has 3 rings (SSSR count). The third-order valence-electron chi connectivity index (χ3n) is 3.58. The monoisotopic (exact) mass is 433 g/mol. The molecule has 3 heterocycles. The first-order valence-electron chi connectivity index (χ1n) is 7.53. The number of nitrogen functional groups attached to an aromatic ring is 1. The zero-order valence-corrected chi connectivity index (χ0v) is 16.4. The van der Waals surface area contributed by atoms with Gasteiger partial charge in [-0.05, 0) is 12.1 Å². The molecular formula is C15H14Cl3N5O2S. The van der Waals surface area contributed by atoms with Crippen molar-refractivity contribution in [2.24, 2.45) is 5.10 Å². The van der Waals surface area contributed by atoms with Crippen LogP contribution >= 0.6 is 46.1 Å². The van der Waals surface area contributed by atoms with E-state index in [0.29, 0.717) is 0 Å². The molecule has 2 aromatic rings. The van der Waals surface area contributed by atoms with Crippen LogP contribution in [0.2, 0.25) is 15.2 Å². The van der Waals surface area contributed by atoms with Gasteiger partial charge in [0, 0.05) is 18.0 Å². The Hall–Kier alpha value is -1.58. The number of carbonyl (C=O) groups is 1. The number of thiophene rings is 1. The van der Waals surface area contributed by atoms with Gasteiger partial charge in [0.15, 0.2) is 10.8 Å². The van der Waals surface area contributed by atoms with E-state index in [1.165, 1.54) is 0 Å². The molecule has 7 nitrogen and oxygen atoms in total. The maximum atomic E-state index is 12.2. The van der Waals surface area contributed by atoms with Crippen LogP contribution < -0.4 is 16.1 Å². The second-order valence-electron chi connectivity index (χ2n) is 5.27. The minimum absolute atomic E-state index is 0.00382. The lowest BCUT2D eigenvalue weighted by molar-refractivity contribution is 0.0950. The first-order chi connectivity index (χ1) is 12.5. The highest BCUT2D eigenvalue weighted by atomic mass is 35.5. The van der Waals surface area contributed by atoms with E-state index in [-0.39, 0.29) is 26.6 Å². The van der Waals surface area contributed by atoms with Gasteiger partial charge in [-0.25, -0.2) is 10.4 Å². The number of nitrogens with two attached hydrogens (primary N) is 1. The highest BCUT2D eigenvalue weighted by molar-refractivity contribution is 7.17. The van der Waals surface area contributed by atoms with Crippen LogP contribution in [0.5, 0.6) is 0 Å². The van der Waals surface area contributed by atoms with Gasteiger partial charge in [-0.1, -0.05) is 34.8 Å². The third-order valence-corrected chi connectivity index (χ3v) is 5.80. The van der Waals surface area contributed by atoms with Crippen LogP contribution in [0, 0.1) is 0 Å². The van der Waals surface area contributed by atoms with Crippen molar-refractivity contribution in [2.45, 2.75) is 0 Å². The van der Waals surface area contributed by atoms with Crippen molar-refractivity contribution < 1.29 is 9.53 Å². The number of hydrazone groups is 1. The van der Waals surface area contributed by atoms with Gasteiger partial charge in [-0.2, -0.15) is 5.10 Å². The minimum Gasteiger partial charge on any atom is -0.396 e. The summed E-state index contributed by atoms with van der Waals surface area (Å²) >= 11 is 19.2. The molecule has 1 amide bonds. The van der Waals surface area contributed by atoms with Crippen LogP contribution in [-0.2, 0) is 4.74 Å². The summed E-state index contributed by atoms with van der Waals surface area (Å²) in [6, 6.07) is 3.94. The predicted molar refractivity (Wildman–Crippen MR) is 106 cm³/mol. The lowest BCUT2D eigenvalue weighted by atomic mass is 10.3. The van der Waals surface area contributed by atoms with Gasteiger partial charge in [0.2, 0.25) is 0 Å². The van der Waals surface area contributed by atoms with E-state index in [0.717, 1.165) is 36.2 Å². The van der Waals surface area contributed by atoms with Crippen molar-refractivity contribution in [2.75, 3.05) is 36.9 Å². The number of pyridine rings is 1. The molecule has 3 N–H and O–H groups in total. The maximum absolute atomic E-state index is 12.2. The van der Waals surface area contributed by atoms with Crippen LogP contribution in [0.1, 0.15) is 15.4 Å². The molecule has 0 saturated carbocycles. The molecule has 0 aliphatic carbocycles. The van der Waals surface area contributed by atoms with Crippen LogP contribution in [-0.4, -0.2) is 43.4 Å². The molecule has 0 unspecified atom stereocenters. The number of amides is 1. The standard InChI is InChI=1S/C15H14Cl3N5O2S/c16-10-12(19)11(17)14(18)21-13(10)15(24)22-20-7-8-1-2-9(26-8)23-3-5-25-6-4-23/h1-2,7H,3-6H2,(H2,19,21)(H,22,24). The molecule has 1 fully saturated rings.